The molecule has 0 bridgehead atoms. The lowest BCUT2D eigenvalue weighted by atomic mass is 9.96. The van der Waals surface area contributed by atoms with E-state index in [0.29, 0.717) is 30.9 Å². The van der Waals surface area contributed by atoms with Crippen LogP contribution < -0.4 is 10.6 Å². The van der Waals surface area contributed by atoms with Gasteiger partial charge in [0, 0.05) is 43.3 Å². The van der Waals surface area contributed by atoms with Gasteiger partial charge >= 0.3 is 11.8 Å². The van der Waals surface area contributed by atoms with Crippen LogP contribution in [0, 0.1) is 19.8 Å². The molecule has 1 aliphatic rings. The third-order valence-corrected chi connectivity index (χ3v) is 5.07. The van der Waals surface area contributed by atoms with Crippen LogP contribution in [0.5, 0.6) is 0 Å². The lowest BCUT2D eigenvalue weighted by molar-refractivity contribution is -0.136. The van der Waals surface area contributed by atoms with E-state index in [0.717, 1.165) is 24.0 Å². The molecular formula is C22H26N4O3. The van der Waals surface area contributed by atoms with E-state index < -0.39 is 11.8 Å². The monoisotopic (exact) mass is 394 g/mol. The third kappa shape index (κ3) is 5.63. The van der Waals surface area contributed by atoms with Crippen molar-refractivity contribution in [3.05, 3.63) is 59.4 Å². The lowest BCUT2D eigenvalue weighted by Gasteiger charge is -2.32. The number of rotatable bonds is 4. The van der Waals surface area contributed by atoms with Crippen molar-refractivity contribution in [1.29, 1.82) is 0 Å². The van der Waals surface area contributed by atoms with Crippen LogP contribution in [0.15, 0.2) is 42.7 Å². The van der Waals surface area contributed by atoms with E-state index in [1.807, 2.05) is 36.9 Å². The number of nitrogens with zero attached hydrogens (tertiary/aromatic N) is 2. The molecule has 0 atom stereocenters. The summed E-state index contributed by atoms with van der Waals surface area (Å²) in [5.74, 6) is -1.06. The Kier molecular flexibility index (Phi) is 6.59. The molecule has 0 aliphatic carbocycles. The molecule has 1 fully saturated rings. The van der Waals surface area contributed by atoms with Gasteiger partial charge in [0.25, 0.3) is 5.91 Å². The zero-order valence-electron chi connectivity index (χ0n) is 16.8. The van der Waals surface area contributed by atoms with Gasteiger partial charge in [-0.1, -0.05) is 6.07 Å². The molecule has 2 aromatic rings. The van der Waals surface area contributed by atoms with Gasteiger partial charge in [-0.25, -0.2) is 0 Å². The lowest BCUT2D eigenvalue weighted by Crippen LogP contribution is -2.43. The fraction of sp³-hybridized carbons (Fsp3) is 0.364. The van der Waals surface area contributed by atoms with E-state index >= 15 is 0 Å². The van der Waals surface area contributed by atoms with Crippen molar-refractivity contribution in [2.45, 2.75) is 26.7 Å². The van der Waals surface area contributed by atoms with Crippen LogP contribution in [0.1, 0.15) is 34.3 Å². The fourth-order valence-corrected chi connectivity index (χ4v) is 3.57. The number of anilines is 1. The van der Waals surface area contributed by atoms with Crippen molar-refractivity contribution < 1.29 is 14.4 Å². The Balaban J connectivity index is 1.43. The van der Waals surface area contributed by atoms with Crippen molar-refractivity contribution in [3.63, 3.8) is 0 Å². The molecule has 152 valence electrons. The minimum Gasteiger partial charge on any atom is -0.348 e. The maximum absolute atomic E-state index is 12.5. The molecule has 3 rings (SSSR count). The van der Waals surface area contributed by atoms with Crippen molar-refractivity contribution in [1.82, 2.24) is 15.2 Å². The summed E-state index contributed by atoms with van der Waals surface area (Å²) in [5.41, 5.74) is 3.29. The summed E-state index contributed by atoms with van der Waals surface area (Å²) in [7, 11) is 0. The quantitative estimate of drug-likeness (QED) is 0.779. The summed E-state index contributed by atoms with van der Waals surface area (Å²) in [6, 6.07) is 9.08. The molecule has 3 amide bonds. The number of likely N-dealkylation sites (tertiary alicyclic amines) is 1. The molecule has 0 saturated carbocycles. The Morgan fingerprint density at radius 3 is 2.24 bits per heavy atom. The topological polar surface area (TPSA) is 91.4 Å². The number of carbonyl (C=O) groups excluding carboxylic acids is 3. The van der Waals surface area contributed by atoms with Gasteiger partial charge in [0.1, 0.15) is 0 Å². The number of hydrogen-bond donors (Lipinski definition) is 2. The maximum atomic E-state index is 12.5. The van der Waals surface area contributed by atoms with Gasteiger partial charge in [0.15, 0.2) is 0 Å². The fourth-order valence-electron chi connectivity index (χ4n) is 3.57. The summed E-state index contributed by atoms with van der Waals surface area (Å²) in [6.45, 7) is 5.58. The second kappa shape index (κ2) is 9.32. The molecule has 0 spiro atoms. The summed E-state index contributed by atoms with van der Waals surface area (Å²) in [6.07, 6.45) is 4.79. The van der Waals surface area contributed by atoms with E-state index in [-0.39, 0.29) is 11.8 Å². The predicted octanol–water partition coefficient (Wildman–Crippen LogP) is 2.31. The van der Waals surface area contributed by atoms with Gasteiger partial charge in [0.05, 0.1) is 0 Å². The Morgan fingerprint density at radius 1 is 1.00 bits per heavy atom. The number of amides is 3. The number of benzene rings is 1. The molecule has 0 unspecified atom stereocenters. The third-order valence-electron chi connectivity index (χ3n) is 5.07. The molecule has 1 saturated heterocycles. The van der Waals surface area contributed by atoms with Crippen LogP contribution in [0.3, 0.4) is 0 Å². The summed E-state index contributed by atoms with van der Waals surface area (Å²) < 4.78 is 0. The highest BCUT2D eigenvalue weighted by atomic mass is 16.2. The Morgan fingerprint density at radius 2 is 1.62 bits per heavy atom. The van der Waals surface area contributed by atoms with Crippen molar-refractivity contribution >= 4 is 23.4 Å². The second-order valence-electron chi connectivity index (χ2n) is 7.51. The van der Waals surface area contributed by atoms with Gasteiger partial charge < -0.3 is 15.5 Å². The minimum atomic E-state index is -0.666. The minimum absolute atomic E-state index is 0.00251. The van der Waals surface area contributed by atoms with E-state index in [1.54, 1.807) is 24.5 Å². The second-order valence-corrected chi connectivity index (χ2v) is 7.51. The number of pyridine rings is 1. The van der Waals surface area contributed by atoms with E-state index in [1.165, 1.54) is 0 Å². The van der Waals surface area contributed by atoms with Gasteiger partial charge in [-0.15, -0.1) is 0 Å². The number of aromatic nitrogens is 1. The summed E-state index contributed by atoms with van der Waals surface area (Å²) in [5, 5.41) is 5.36. The molecule has 7 heteroatoms. The van der Waals surface area contributed by atoms with Crippen LogP contribution >= 0.6 is 0 Å². The standard InChI is InChI=1S/C22H26N4O3/c1-15-11-16(2)13-19(12-15)25-21(28)20(27)24-14-17-5-9-26(10-6-17)22(29)18-3-7-23-8-4-18/h3-4,7-8,11-13,17H,5-6,9-10,14H2,1-2H3,(H,24,27)(H,25,28). The van der Waals surface area contributed by atoms with Gasteiger partial charge in [-0.05, 0) is 68.0 Å². The normalized spacial score (nSPS) is 14.3. The molecule has 1 aromatic carbocycles. The molecule has 1 aromatic heterocycles. The van der Waals surface area contributed by atoms with Gasteiger partial charge in [-0.3, -0.25) is 19.4 Å². The first-order valence-corrected chi connectivity index (χ1v) is 9.79. The number of hydrogen-bond acceptors (Lipinski definition) is 4. The Bertz CT molecular complexity index is 870. The first kappa shape index (κ1) is 20.5. The Labute approximate surface area is 170 Å². The van der Waals surface area contributed by atoms with Crippen LogP contribution in [-0.4, -0.2) is 47.2 Å². The average Bonchev–Trinajstić information content (AvgIpc) is 2.71. The molecule has 0 radical (unpaired) electrons. The van der Waals surface area contributed by atoms with Gasteiger partial charge in [-0.2, -0.15) is 0 Å². The highest BCUT2D eigenvalue weighted by Crippen LogP contribution is 2.18. The smallest absolute Gasteiger partial charge is 0.313 e. The number of aryl methyl sites for hydroxylation is 2. The summed E-state index contributed by atoms with van der Waals surface area (Å²) >= 11 is 0. The molecule has 1 aliphatic heterocycles. The van der Waals surface area contributed by atoms with E-state index in [9.17, 15) is 14.4 Å². The van der Waals surface area contributed by atoms with Gasteiger partial charge in [0.2, 0.25) is 0 Å². The Hall–Kier alpha value is -3.22. The first-order valence-electron chi connectivity index (χ1n) is 9.79. The molecule has 29 heavy (non-hydrogen) atoms. The van der Waals surface area contributed by atoms with Crippen LogP contribution in [-0.2, 0) is 9.59 Å². The van der Waals surface area contributed by atoms with Crippen LogP contribution in [0.2, 0.25) is 0 Å². The van der Waals surface area contributed by atoms with Crippen molar-refractivity contribution in [2.75, 3.05) is 25.0 Å². The number of carbonyl (C=O) groups is 3. The maximum Gasteiger partial charge on any atom is 0.313 e. The predicted molar refractivity (Wildman–Crippen MR) is 110 cm³/mol. The van der Waals surface area contributed by atoms with E-state index in [2.05, 4.69) is 15.6 Å². The van der Waals surface area contributed by atoms with Crippen molar-refractivity contribution in [2.24, 2.45) is 5.92 Å². The zero-order chi connectivity index (χ0) is 20.8. The zero-order valence-corrected chi connectivity index (χ0v) is 16.8. The average molecular weight is 394 g/mol. The largest absolute Gasteiger partial charge is 0.348 e. The molecular weight excluding hydrogens is 368 g/mol. The molecule has 2 N–H and O–H groups in total. The number of nitrogens with one attached hydrogen (secondary N) is 2. The highest BCUT2D eigenvalue weighted by molar-refractivity contribution is 6.39. The van der Waals surface area contributed by atoms with Crippen LogP contribution in [0.25, 0.3) is 0 Å². The number of piperidine rings is 1. The molecule has 7 nitrogen and oxygen atoms in total. The highest BCUT2D eigenvalue weighted by Gasteiger charge is 2.24. The van der Waals surface area contributed by atoms with E-state index in [4.69, 9.17) is 0 Å². The first-order chi connectivity index (χ1) is 13.9. The SMILES string of the molecule is Cc1cc(C)cc(NC(=O)C(=O)NCC2CCN(C(=O)c3ccncc3)CC2)c1. The summed E-state index contributed by atoms with van der Waals surface area (Å²) in [4.78, 5) is 42.5. The van der Waals surface area contributed by atoms with Crippen LogP contribution in [0.4, 0.5) is 5.69 Å². The molecule has 2 heterocycles. The van der Waals surface area contributed by atoms with Crippen molar-refractivity contribution in [3.8, 4) is 0 Å².